The van der Waals surface area contributed by atoms with Gasteiger partial charge in [0, 0.05) is 6.42 Å². The summed E-state index contributed by atoms with van der Waals surface area (Å²) >= 11 is 0. The second kappa shape index (κ2) is 5.04. The Hall–Kier alpha value is -0.690. The van der Waals surface area contributed by atoms with Gasteiger partial charge in [-0.25, -0.2) is 4.79 Å². The van der Waals surface area contributed by atoms with Gasteiger partial charge < -0.3 is 15.7 Å². The van der Waals surface area contributed by atoms with Crippen LogP contribution in [0.1, 0.15) is 19.3 Å². The molecule has 0 aliphatic carbocycles. The summed E-state index contributed by atoms with van der Waals surface area (Å²) in [5, 5.41) is 9.19. The minimum absolute atomic E-state index is 0.0975. The normalized spacial score (nSPS) is 15.3. The van der Waals surface area contributed by atoms with Gasteiger partial charge >= 0.3 is 5.97 Å². The summed E-state index contributed by atoms with van der Waals surface area (Å²) in [7, 11) is 0. The summed E-state index contributed by atoms with van der Waals surface area (Å²) in [5.74, 6) is 3.52. The molecule has 72 valence electrons. The van der Waals surface area contributed by atoms with Crippen molar-refractivity contribution in [1.82, 2.24) is 0 Å². The third-order valence-corrected chi connectivity index (χ3v) is 1.47. The first-order valence-electron chi connectivity index (χ1n) is 3.67. The van der Waals surface area contributed by atoms with E-state index in [0.29, 0.717) is 19.4 Å². The topological polar surface area (TPSA) is 125 Å². The van der Waals surface area contributed by atoms with Crippen LogP contribution in [0.25, 0.3) is 0 Å². The highest BCUT2D eigenvalue weighted by Crippen LogP contribution is 2.08. The van der Waals surface area contributed by atoms with Crippen molar-refractivity contribution < 1.29 is 14.7 Å². The summed E-state index contributed by atoms with van der Waals surface area (Å²) in [6.07, 6.45) is 1.34. The standard InChI is InChI=1S/C6H15N3O3/c7-4-2-1-3-6(8,11)5(10)12-9/h11H,1-4,7-9H2. The molecule has 6 heteroatoms. The van der Waals surface area contributed by atoms with Crippen molar-refractivity contribution in [1.29, 1.82) is 0 Å². The van der Waals surface area contributed by atoms with Gasteiger partial charge in [0.05, 0.1) is 0 Å². The SMILES string of the molecule is NCCCCC(N)(O)C(=O)ON. The molecular formula is C6H15N3O3. The monoisotopic (exact) mass is 177 g/mol. The van der Waals surface area contributed by atoms with Crippen molar-refractivity contribution in [2.45, 2.75) is 25.0 Å². The molecule has 0 bridgehead atoms. The Bertz CT molecular complexity index is 149. The van der Waals surface area contributed by atoms with E-state index >= 15 is 0 Å². The smallest absolute Gasteiger partial charge is 0.370 e. The van der Waals surface area contributed by atoms with Crippen LogP contribution in [0.15, 0.2) is 0 Å². The lowest BCUT2D eigenvalue weighted by Gasteiger charge is -2.18. The first-order valence-corrected chi connectivity index (χ1v) is 3.67. The molecule has 0 fully saturated rings. The van der Waals surface area contributed by atoms with Crippen molar-refractivity contribution >= 4 is 5.97 Å². The maximum Gasteiger partial charge on any atom is 0.371 e. The molecule has 0 aliphatic heterocycles. The summed E-state index contributed by atoms with van der Waals surface area (Å²) in [5.41, 5.74) is 8.39. The van der Waals surface area contributed by atoms with E-state index < -0.39 is 11.7 Å². The van der Waals surface area contributed by atoms with Crippen LogP contribution in [-0.2, 0) is 9.63 Å². The number of hydrogen-bond acceptors (Lipinski definition) is 6. The fourth-order valence-corrected chi connectivity index (χ4v) is 0.743. The van der Waals surface area contributed by atoms with E-state index in [1.165, 1.54) is 0 Å². The van der Waals surface area contributed by atoms with Gasteiger partial charge in [0.1, 0.15) is 0 Å². The van der Waals surface area contributed by atoms with Gasteiger partial charge in [-0.15, -0.1) is 0 Å². The van der Waals surface area contributed by atoms with Crippen molar-refractivity contribution in [2.24, 2.45) is 17.4 Å². The van der Waals surface area contributed by atoms with E-state index in [4.69, 9.17) is 11.5 Å². The fraction of sp³-hybridized carbons (Fsp3) is 0.833. The predicted octanol–water partition coefficient (Wildman–Crippen LogP) is -1.82. The first-order chi connectivity index (χ1) is 5.54. The Labute approximate surface area is 70.6 Å². The number of rotatable bonds is 5. The molecule has 12 heavy (non-hydrogen) atoms. The predicted molar refractivity (Wildman–Crippen MR) is 42.3 cm³/mol. The zero-order chi connectivity index (χ0) is 9.61. The Kier molecular flexibility index (Phi) is 4.75. The van der Waals surface area contributed by atoms with Gasteiger partial charge in [-0.1, -0.05) is 0 Å². The number of carbonyl (C=O) groups excluding carboxylic acids is 1. The number of unbranched alkanes of at least 4 members (excludes halogenated alkanes) is 1. The quantitative estimate of drug-likeness (QED) is 0.222. The second-order valence-corrected chi connectivity index (χ2v) is 2.58. The van der Waals surface area contributed by atoms with Gasteiger partial charge in [-0.05, 0) is 19.4 Å². The minimum Gasteiger partial charge on any atom is -0.370 e. The summed E-state index contributed by atoms with van der Waals surface area (Å²) in [4.78, 5) is 14.5. The molecule has 1 unspecified atom stereocenters. The van der Waals surface area contributed by atoms with E-state index in [1.54, 1.807) is 0 Å². The number of carbonyl (C=O) groups is 1. The molecule has 0 saturated carbocycles. The molecule has 6 nitrogen and oxygen atoms in total. The lowest BCUT2D eigenvalue weighted by Crippen LogP contribution is -2.49. The van der Waals surface area contributed by atoms with E-state index in [2.05, 4.69) is 10.7 Å². The maximum absolute atomic E-state index is 10.7. The van der Waals surface area contributed by atoms with Crippen molar-refractivity contribution in [3.05, 3.63) is 0 Å². The van der Waals surface area contributed by atoms with E-state index in [0.717, 1.165) is 0 Å². The lowest BCUT2D eigenvalue weighted by atomic mass is 10.1. The molecule has 0 aromatic heterocycles. The Morgan fingerprint density at radius 1 is 1.50 bits per heavy atom. The molecule has 0 heterocycles. The zero-order valence-electron chi connectivity index (χ0n) is 6.82. The summed E-state index contributed by atoms with van der Waals surface area (Å²) in [6, 6.07) is 0. The third-order valence-electron chi connectivity index (χ3n) is 1.47. The van der Waals surface area contributed by atoms with Crippen LogP contribution < -0.4 is 17.4 Å². The minimum atomic E-state index is -1.98. The molecule has 0 amide bonds. The molecule has 1 atom stereocenters. The van der Waals surface area contributed by atoms with E-state index in [9.17, 15) is 9.90 Å². The zero-order valence-corrected chi connectivity index (χ0v) is 6.82. The fourth-order valence-electron chi connectivity index (χ4n) is 0.743. The van der Waals surface area contributed by atoms with Crippen LogP contribution in [0.2, 0.25) is 0 Å². The highest BCUT2D eigenvalue weighted by molar-refractivity contribution is 5.77. The first kappa shape index (κ1) is 11.3. The average Bonchev–Trinajstić information content (AvgIpc) is 2.03. The highest BCUT2D eigenvalue weighted by Gasteiger charge is 2.31. The van der Waals surface area contributed by atoms with Crippen LogP contribution >= 0.6 is 0 Å². The number of hydrogen-bond donors (Lipinski definition) is 4. The van der Waals surface area contributed by atoms with Crippen LogP contribution in [0.3, 0.4) is 0 Å². The van der Waals surface area contributed by atoms with Crippen molar-refractivity contribution in [3.63, 3.8) is 0 Å². The van der Waals surface area contributed by atoms with Gasteiger partial charge in [-0.3, -0.25) is 5.73 Å². The van der Waals surface area contributed by atoms with Crippen LogP contribution in [0.5, 0.6) is 0 Å². The second-order valence-electron chi connectivity index (χ2n) is 2.58. The van der Waals surface area contributed by atoms with Crippen LogP contribution in [0.4, 0.5) is 0 Å². The molecule has 0 aromatic carbocycles. The maximum atomic E-state index is 10.7. The largest absolute Gasteiger partial charge is 0.371 e. The van der Waals surface area contributed by atoms with Gasteiger partial charge in [-0.2, -0.15) is 5.90 Å². The molecule has 0 rings (SSSR count). The number of nitrogens with two attached hydrogens (primary N) is 3. The average molecular weight is 177 g/mol. The van der Waals surface area contributed by atoms with Crippen LogP contribution in [-0.4, -0.2) is 23.3 Å². The molecule has 7 N–H and O–H groups in total. The molecule has 0 saturated heterocycles. The van der Waals surface area contributed by atoms with Crippen molar-refractivity contribution in [3.8, 4) is 0 Å². The molecule has 0 aliphatic rings. The van der Waals surface area contributed by atoms with Crippen LogP contribution in [0, 0.1) is 0 Å². The van der Waals surface area contributed by atoms with E-state index in [-0.39, 0.29) is 6.42 Å². The van der Waals surface area contributed by atoms with Crippen molar-refractivity contribution in [2.75, 3.05) is 6.54 Å². The summed E-state index contributed by atoms with van der Waals surface area (Å²) in [6.45, 7) is 0.494. The Balaban J connectivity index is 3.78. The number of aliphatic hydroxyl groups is 1. The van der Waals surface area contributed by atoms with E-state index in [1.807, 2.05) is 0 Å². The molecule has 0 spiro atoms. The highest BCUT2D eigenvalue weighted by atomic mass is 16.7. The summed E-state index contributed by atoms with van der Waals surface area (Å²) < 4.78 is 0. The molecule has 0 radical (unpaired) electrons. The third kappa shape index (κ3) is 3.63. The lowest BCUT2D eigenvalue weighted by molar-refractivity contribution is -0.166. The van der Waals surface area contributed by atoms with Gasteiger partial charge in [0.25, 0.3) is 0 Å². The Morgan fingerprint density at radius 3 is 2.50 bits per heavy atom. The Morgan fingerprint density at radius 2 is 2.08 bits per heavy atom. The van der Waals surface area contributed by atoms with Gasteiger partial charge in [0.15, 0.2) is 0 Å². The molecule has 0 aromatic rings. The van der Waals surface area contributed by atoms with Gasteiger partial charge in [0.2, 0.25) is 5.72 Å². The molecular weight excluding hydrogens is 162 g/mol.